The normalized spacial score (nSPS) is 15.2. The van der Waals surface area contributed by atoms with Gasteiger partial charge in [-0.2, -0.15) is 5.10 Å². The van der Waals surface area contributed by atoms with Gasteiger partial charge in [0.2, 0.25) is 0 Å². The minimum absolute atomic E-state index is 0.345. The van der Waals surface area contributed by atoms with E-state index in [2.05, 4.69) is 20.1 Å². The Hall–Kier alpha value is -3.62. The maximum Gasteiger partial charge on any atom is 0.282 e. The lowest BCUT2D eigenvalue weighted by molar-refractivity contribution is -0.0265. The average Bonchev–Trinajstić information content (AvgIpc) is 3.18. The summed E-state index contributed by atoms with van der Waals surface area (Å²) in [4.78, 5) is 14.9. The highest BCUT2D eigenvalue weighted by Gasteiger charge is 2.45. The maximum atomic E-state index is 13.4. The number of anilines is 1. The fourth-order valence-electron chi connectivity index (χ4n) is 3.77. The number of hydrogen-bond donors (Lipinski definition) is 0. The second-order valence-corrected chi connectivity index (χ2v) is 7.68. The monoisotopic (exact) mass is 422 g/mol. The van der Waals surface area contributed by atoms with E-state index >= 15 is 0 Å². The van der Waals surface area contributed by atoms with Crippen molar-refractivity contribution in [1.29, 1.82) is 0 Å². The SMILES string of the molecule is COc1cc(-c2cnn(C)c2)ccc1Cc1ncc2ccnc(N3CC(F)(F)C3)c2n1. The highest BCUT2D eigenvalue weighted by Crippen LogP contribution is 2.34. The third-order valence-electron chi connectivity index (χ3n) is 5.35. The van der Waals surface area contributed by atoms with Crippen LogP contribution in [0, 0.1) is 0 Å². The van der Waals surface area contributed by atoms with Crippen molar-refractivity contribution in [2.75, 3.05) is 25.1 Å². The number of halogens is 2. The minimum Gasteiger partial charge on any atom is -0.496 e. The van der Waals surface area contributed by atoms with E-state index in [9.17, 15) is 8.78 Å². The first-order valence-corrected chi connectivity index (χ1v) is 9.81. The van der Waals surface area contributed by atoms with Gasteiger partial charge in [-0.05, 0) is 17.7 Å². The van der Waals surface area contributed by atoms with Gasteiger partial charge in [0, 0.05) is 48.6 Å². The molecule has 0 bridgehead atoms. The summed E-state index contributed by atoms with van der Waals surface area (Å²) in [5.74, 6) is -0.922. The van der Waals surface area contributed by atoms with Crippen molar-refractivity contribution < 1.29 is 13.5 Å². The Labute approximate surface area is 177 Å². The van der Waals surface area contributed by atoms with Crippen LogP contribution in [0.25, 0.3) is 22.0 Å². The molecule has 0 unspecified atom stereocenters. The topological polar surface area (TPSA) is 69.0 Å². The number of rotatable bonds is 5. The molecule has 1 aromatic carbocycles. The Balaban J connectivity index is 1.46. The number of methoxy groups -OCH3 is 1. The van der Waals surface area contributed by atoms with Crippen LogP contribution in [0.5, 0.6) is 5.75 Å². The number of hydrogen-bond acceptors (Lipinski definition) is 6. The van der Waals surface area contributed by atoms with Crippen molar-refractivity contribution in [1.82, 2.24) is 24.7 Å². The summed E-state index contributed by atoms with van der Waals surface area (Å²) in [6, 6.07) is 7.73. The molecule has 0 saturated carbocycles. The molecule has 0 atom stereocenters. The zero-order chi connectivity index (χ0) is 21.6. The number of nitrogens with zero attached hydrogens (tertiary/aromatic N) is 6. The third kappa shape index (κ3) is 3.67. The number of alkyl halides is 2. The van der Waals surface area contributed by atoms with Crippen LogP contribution in [-0.4, -0.2) is 50.9 Å². The van der Waals surface area contributed by atoms with E-state index in [4.69, 9.17) is 4.74 Å². The van der Waals surface area contributed by atoms with Gasteiger partial charge in [0.1, 0.15) is 17.1 Å². The molecule has 0 N–H and O–H groups in total. The lowest BCUT2D eigenvalue weighted by Gasteiger charge is -2.39. The molecule has 9 heteroatoms. The summed E-state index contributed by atoms with van der Waals surface area (Å²) in [6.07, 6.45) is 7.48. The largest absolute Gasteiger partial charge is 0.496 e. The van der Waals surface area contributed by atoms with E-state index < -0.39 is 5.92 Å². The molecule has 0 spiro atoms. The van der Waals surface area contributed by atoms with Gasteiger partial charge in [-0.1, -0.05) is 12.1 Å². The van der Waals surface area contributed by atoms with Crippen LogP contribution in [0.15, 0.2) is 49.1 Å². The maximum absolute atomic E-state index is 13.4. The lowest BCUT2D eigenvalue weighted by atomic mass is 10.0. The number of ether oxygens (including phenoxy) is 1. The number of fused-ring (bicyclic) bond motifs is 1. The van der Waals surface area contributed by atoms with Crippen LogP contribution in [0.3, 0.4) is 0 Å². The van der Waals surface area contributed by atoms with Gasteiger partial charge >= 0.3 is 0 Å². The molecule has 158 valence electrons. The zero-order valence-electron chi connectivity index (χ0n) is 17.1. The van der Waals surface area contributed by atoms with Gasteiger partial charge < -0.3 is 9.64 Å². The Bertz CT molecular complexity index is 1260. The quantitative estimate of drug-likeness (QED) is 0.491. The molecule has 1 aliphatic heterocycles. The van der Waals surface area contributed by atoms with Crippen molar-refractivity contribution >= 4 is 16.7 Å². The van der Waals surface area contributed by atoms with Crippen LogP contribution < -0.4 is 9.64 Å². The molecule has 4 heterocycles. The third-order valence-corrected chi connectivity index (χ3v) is 5.35. The smallest absolute Gasteiger partial charge is 0.282 e. The summed E-state index contributed by atoms with van der Waals surface area (Å²) in [5.41, 5.74) is 3.50. The average molecular weight is 422 g/mol. The molecule has 7 nitrogen and oxygen atoms in total. The fourth-order valence-corrected chi connectivity index (χ4v) is 3.77. The molecule has 1 saturated heterocycles. The van der Waals surface area contributed by atoms with Gasteiger partial charge in [0.15, 0.2) is 5.82 Å². The predicted molar refractivity (Wildman–Crippen MR) is 112 cm³/mol. The first-order valence-electron chi connectivity index (χ1n) is 9.81. The highest BCUT2D eigenvalue weighted by molar-refractivity contribution is 5.88. The Kier molecular flexibility index (Phi) is 4.53. The van der Waals surface area contributed by atoms with Crippen LogP contribution >= 0.6 is 0 Å². The van der Waals surface area contributed by atoms with Crippen LogP contribution in [0.2, 0.25) is 0 Å². The molecule has 0 radical (unpaired) electrons. The van der Waals surface area contributed by atoms with Gasteiger partial charge in [0.05, 0.1) is 26.4 Å². The molecular weight excluding hydrogens is 402 g/mol. The minimum atomic E-state index is -2.68. The number of benzene rings is 1. The lowest BCUT2D eigenvalue weighted by Crippen LogP contribution is -2.56. The van der Waals surface area contributed by atoms with Crippen LogP contribution in [0.1, 0.15) is 11.4 Å². The summed E-state index contributed by atoms with van der Waals surface area (Å²) in [6.45, 7) is -0.690. The van der Waals surface area contributed by atoms with E-state index in [1.807, 2.05) is 31.4 Å². The van der Waals surface area contributed by atoms with E-state index in [0.717, 1.165) is 27.8 Å². The molecule has 3 aromatic heterocycles. The van der Waals surface area contributed by atoms with Gasteiger partial charge in [-0.15, -0.1) is 0 Å². The van der Waals surface area contributed by atoms with E-state index in [1.54, 1.807) is 41.3 Å². The molecule has 0 amide bonds. The van der Waals surface area contributed by atoms with Gasteiger partial charge in [-0.3, -0.25) is 4.68 Å². The van der Waals surface area contributed by atoms with Crippen LogP contribution in [-0.2, 0) is 13.5 Å². The number of aromatic nitrogens is 5. The van der Waals surface area contributed by atoms with Crippen molar-refractivity contribution in [3.05, 3.63) is 60.4 Å². The summed E-state index contributed by atoms with van der Waals surface area (Å²) in [7, 11) is 3.50. The van der Waals surface area contributed by atoms with Crippen molar-refractivity contribution in [2.24, 2.45) is 7.05 Å². The van der Waals surface area contributed by atoms with Gasteiger partial charge in [0.25, 0.3) is 5.92 Å². The van der Waals surface area contributed by atoms with Crippen molar-refractivity contribution in [3.8, 4) is 16.9 Å². The molecule has 1 fully saturated rings. The first kappa shape index (κ1) is 19.3. The second kappa shape index (κ2) is 7.26. The van der Waals surface area contributed by atoms with E-state index in [1.165, 1.54) is 0 Å². The molecule has 1 aliphatic rings. The Morgan fingerprint density at radius 2 is 1.94 bits per heavy atom. The standard InChI is InChI=1S/C22H20F2N6O/c1-29-11-17(10-27-29)14-3-4-15(18(7-14)31-2)8-19-26-9-16-5-6-25-21(20(16)28-19)30-12-22(23,24)13-30/h3-7,9-11H,8,12-13H2,1-2H3. The second-order valence-electron chi connectivity index (χ2n) is 7.68. The van der Waals surface area contributed by atoms with Crippen molar-refractivity contribution in [2.45, 2.75) is 12.3 Å². The van der Waals surface area contributed by atoms with Crippen molar-refractivity contribution in [3.63, 3.8) is 0 Å². The molecule has 4 aromatic rings. The number of pyridine rings is 1. The predicted octanol–water partition coefficient (Wildman–Crippen LogP) is 3.48. The molecular formula is C22H20F2N6O. The van der Waals surface area contributed by atoms with Crippen LogP contribution in [0.4, 0.5) is 14.6 Å². The summed E-state index contributed by atoms with van der Waals surface area (Å²) >= 11 is 0. The summed E-state index contributed by atoms with van der Waals surface area (Å²) < 4.78 is 34.1. The first-order chi connectivity index (χ1) is 14.9. The zero-order valence-corrected chi connectivity index (χ0v) is 17.1. The molecule has 5 rings (SSSR count). The highest BCUT2D eigenvalue weighted by atomic mass is 19.3. The number of aryl methyl sites for hydroxylation is 1. The van der Waals surface area contributed by atoms with E-state index in [0.29, 0.717) is 23.6 Å². The molecule has 31 heavy (non-hydrogen) atoms. The Morgan fingerprint density at radius 3 is 2.65 bits per heavy atom. The summed E-state index contributed by atoms with van der Waals surface area (Å²) in [5, 5.41) is 4.98. The molecule has 0 aliphatic carbocycles. The Morgan fingerprint density at radius 1 is 1.10 bits per heavy atom. The van der Waals surface area contributed by atoms with Gasteiger partial charge in [-0.25, -0.2) is 23.7 Å². The fraction of sp³-hybridized carbons (Fsp3) is 0.273. The van der Waals surface area contributed by atoms with E-state index in [-0.39, 0.29) is 13.1 Å².